The quantitative estimate of drug-likeness (QED) is 0.0222. The highest BCUT2D eigenvalue weighted by molar-refractivity contribution is 7.47. The minimum atomic E-state index is -4.96. The summed E-state index contributed by atoms with van der Waals surface area (Å²) < 4.78 is 68.5. The first-order valence-electron chi connectivity index (χ1n) is 40.7. The Bertz CT molecular complexity index is 1920. The summed E-state index contributed by atoms with van der Waals surface area (Å²) >= 11 is 0. The van der Waals surface area contributed by atoms with Gasteiger partial charge >= 0.3 is 39.5 Å². The van der Waals surface area contributed by atoms with Gasteiger partial charge in [-0.3, -0.25) is 37.3 Å². The molecule has 0 radical (unpaired) electrons. The maximum Gasteiger partial charge on any atom is 0.472 e. The van der Waals surface area contributed by atoms with E-state index in [0.29, 0.717) is 37.5 Å². The number of rotatable bonds is 76. The van der Waals surface area contributed by atoms with E-state index in [-0.39, 0.29) is 25.7 Å². The second-order valence-electron chi connectivity index (χ2n) is 30.4. The smallest absolute Gasteiger partial charge is 0.462 e. The molecule has 0 saturated heterocycles. The summed E-state index contributed by atoms with van der Waals surface area (Å²) in [5.74, 6) is 0.857. The summed E-state index contributed by atoms with van der Waals surface area (Å²) in [6.45, 7) is 14.1. The number of carbonyl (C=O) groups is 4. The third kappa shape index (κ3) is 72.4. The van der Waals surface area contributed by atoms with Crippen LogP contribution in [-0.4, -0.2) is 96.7 Å². The fraction of sp³-hybridized carbons (Fsp3) is 0.949. The Balaban J connectivity index is 5.09. The van der Waals surface area contributed by atoms with E-state index in [1.165, 1.54) is 199 Å². The van der Waals surface area contributed by atoms with E-state index >= 15 is 0 Å². The summed E-state index contributed by atoms with van der Waals surface area (Å²) in [6.07, 6.45) is 54.7. The molecule has 5 atom stereocenters. The lowest BCUT2D eigenvalue weighted by Crippen LogP contribution is -2.30. The van der Waals surface area contributed by atoms with Gasteiger partial charge in [0.15, 0.2) is 12.2 Å². The Labute approximate surface area is 600 Å². The lowest BCUT2D eigenvalue weighted by molar-refractivity contribution is -0.161. The number of phosphoric ester groups is 2. The molecule has 0 spiro atoms. The first-order valence-corrected chi connectivity index (χ1v) is 43.7. The fourth-order valence-electron chi connectivity index (χ4n) is 12.1. The molecule has 19 heteroatoms. The second-order valence-corrected chi connectivity index (χ2v) is 33.3. The number of hydrogen-bond donors (Lipinski definition) is 3. The highest BCUT2D eigenvalue weighted by atomic mass is 31.2. The molecule has 3 unspecified atom stereocenters. The molecule has 0 aromatic rings. The van der Waals surface area contributed by atoms with Crippen molar-refractivity contribution in [1.82, 2.24) is 0 Å². The van der Waals surface area contributed by atoms with Crippen molar-refractivity contribution in [2.75, 3.05) is 39.6 Å². The van der Waals surface area contributed by atoms with Crippen LogP contribution in [0.3, 0.4) is 0 Å². The van der Waals surface area contributed by atoms with Gasteiger partial charge in [-0.25, -0.2) is 9.13 Å². The zero-order chi connectivity index (χ0) is 72.4. The number of carbonyl (C=O) groups excluding carboxylic acids is 4. The first-order chi connectivity index (χ1) is 47.1. The summed E-state index contributed by atoms with van der Waals surface area (Å²) in [5, 5.41) is 10.6. The molecule has 0 aliphatic heterocycles. The lowest BCUT2D eigenvalue weighted by Gasteiger charge is -2.21. The van der Waals surface area contributed by atoms with Crippen molar-refractivity contribution in [3.8, 4) is 0 Å². The molecular weight excluding hydrogens is 1280 g/mol. The number of esters is 4. The number of aliphatic hydroxyl groups excluding tert-OH is 1. The predicted molar refractivity (Wildman–Crippen MR) is 400 cm³/mol. The predicted octanol–water partition coefficient (Wildman–Crippen LogP) is 23.2. The molecule has 0 rings (SSSR count). The molecule has 98 heavy (non-hydrogen) atoms. The molecule has 3 N–H and O–H groups in total. The number of ether oxygens (including phenoxy) is 4. The zero-order valence-corrected chi connectivity index (χ0v) is 66.2. The van der Waals surface area contributed by atoms with E-state index in [1.807, 2.05) is 0 Å². The van der Waals surface area contributed by atoms with E-state index < -0.39 is 97.5 Å². The fourth-order valence-corrected chi connectivity index (χ4v) is 13.7. The van der Waals surface area contributed by atoms with Gasteiger partial charge in [0, 0.05) is 25.7 Å². The average Bonchev–Trinajstić information content (AvgIpc) is 1.02. The van der Waals surface area contributed by atoms with Gasteiger partial charge in [-0.05, 0) is 49.4 Å². The Kier molecular flexibility index (Phi) is 66.8. The van der Waals surface area contributed by atoms with E-state index in [0.717, 1.165) is 108 Å². The molecule has 0 aliphatic rings. The van der Waals surface area contributed by atoms with Gasteiger partial charge in [-0.2, -0.15) is 0 Å². The molecule has 0 aliphatic carbocycles. The van der Waals surface area contributed by atoms with Crippen LogP contribution in [0.4, 0.5) is 0 Å². The number of unbranched alkanes of at least 4 members (excludes halogenated alkanes) is 42. The molecule has 17 nitrogen and oxygen atoms in total. The van der Waals surface area contributed by atoms with Crippen LogP contribution in [0.15, 0.2) is 0 Å². The minimum Gasteiger partial charge on any atom is -0.462 e. The third-order valence-corrected chi connectivity index (χ3v) is 20.2. The maximum atomic E-state index is 13.1. The molecule has 0 bridgehead atoms. The lowest BCUT2D eigenvalue weighted by atomic mass is 10.0. The van der Waals surface area contributed by atoms with Crippen molar-refractivity contribution in [3.05, 3.63) is 0 Å². The topological polar surface area (TPSA) is 237 Å². The van der Waals surface area contributed by atoms with E-state index in [1.54, 1.807) is 0 Å². The zero-order valence-electron chi connectivity index (χ0n) is 64.4. The van der Waals surface area contributed by atoms with Crippen molar-refractivity contribution in [1.29, 1.82) is 0 Å². The number of phosphoric acid groups is 2. The summed E-state index contributed by atoms with van der Waals surface area (Å²) in [4.78, 5) is 72.8. The van der Waals surface area contributed by atoms with Gasteiger partial charge in [0.1, 0.15) is 19.3 Å². The summed E-state index contributed by atoms with van der Waals surface area (Å²) in [6, 6.07) is 0. The highest BCUT2D eigenvalue weighted by Crippen LogP contribution is 2.45. The van der Waals surface area contributed by atoms with Crippen LogP contribution in [0.2, 0.25) is 0 Å². The van der Waals surface area contributed by atoms with Gasteiger partial charge in [0.2, 0.25) is 0 Å². The Morgan fingerprint density at radius 3 is 0.633 bits per heavy atom. The normalized spacial score (nSPS) is 14.1. The summed E-state index contributed by atoms with van der Waals surface area (Å²) in [5.41, 5.74) is 0. The van der Waals surface area contributed by atoms with E-state index in [9.17, 15) is 43.2 Å². The van der Waals surface area contributed by atoms with E-state index in [2.05, 4.69) is 55.4 Å². The van der Waals surface area contributed by atoms with Crippen LogP contribution >= 0.6 is 15.6 Å². The van der Waals surface area contributed by atoms with Crippen molar-refractivity contribution in [3.63, 3.8) is 0 Å². The first kappa shape index (κ1) is 96.1. The Morgan fingerprint density at radius 2 is 0.429 bits per heavy atom. The number of aliphatic hydroxyl groups is 1. The van der Waals surface area contributed by atoms with Crippen molar-refractivity contribution < 1.29 is 80.2 Å². The Hall–Kier alpha value is -1.94. The van der Waals surface area contributed by atoms with Gasteiger partial charge in [-0.15, -0.1) is 0 Å². The van der Waals surface area contributed by atoms with Gasteiger partial charge in [0.05, 0.1) is 26.4 Å². The number of hydrogen-bond acceptors (Lipinski definition) is 15. The SMILES string of the molecule is CC(C)CCCCCCCCCCCCCCCCCCCCC(=O)O[C@H](COC(=O)CCCCCCCCC(C)C)COP(=O)(O)OCC(O)COP(=O)(O)OC[C@@H](COC(=O)CCCCCCCCCCCCCCCCCCC(C)C)OC(=O)CCCCCCCCC(C)C. The van der Waals surface area contributed by atoms with Gasteiger partial charge in [-0.1, -0.05) is 351 Å². The molecule has 0 aromatic carbocycles. The molecule has 0 fully saturated rings. The molecule has 0 saturated carbocycles. The van der Waals surface area contributed by atoms with Crippen molar-refractivity contribution >= 4 is 39.5 Å². The minimum absolute atomic E-state index is 0.102. The van der Waals surface area contributed by atoms with Crippen molar-refractivity contribution in [2.24, 2.45) is 23.7 Å². The molecule has 0 aromatic heterocycles. The van der Waals surface area contributed by atoms with Gasteiger partial charge in [0.25, 0.3) is 0 Å². The molecular formula is C79H154O17P2. The average molecular weight is 1440 g/mol. The van der Waals surface area contributed by atoms with Crippen LogP contribution in [0.25, 0.3) is 0 Å². The van der Waals surface area contributed by atoms with Crippen LogP contribution in [0.1, 0.15) is 402 Å². The maximum absolute atomic E-state index is 13.1. The monoisotopic (exact) mass is 1440 g/mol. The highest BCUT2D eigenvalue weighted by Gasteiger charge is 2.30. The van der Waals surface area contributed by atoms with Crippen LogP contribution < -0.4 is 0 Å². The van der Waals surface area contributed by atoms with E-state index in [4.69, 9.17) is 37.0 Å². The third-order valence-electron chi connectivity index (χ3n) is 18.3. The largest absolute Gasteiger partial charge is 0.472 e. The molecule has 0 amide bonds. The second kappa shape index (κ2) is 68.2. The van der Waals surface area contributed by atoms with Crippen molar-refractivity contribution in [2.45, 2.75) is 420 Å². The Morgan fingerprint density at radius 1 is 0.255 bits per heavy atom. The molecule has 582 valence electrons. The summed E-state index contributed by atoms with van der Waals surface area (Å²) in [7, 11) is -9.91. The standard InChI is InChI=1S/C79H154O17P2/c1-69(2)55-47-39-31-27-23-19-15-11-9-10-12-18-22-26-30-34-45-53-61-78(83)95-74(66-90-77(82)60-52-44-37-35-41-49-57-71(5)6)67-93-97(85,86)91-63-73(80)64-92-98(87,88)94-68-75(96-79(84)62-54-46-38-36-42-50-58-72(7)8)65-89-76(81)59-51-43-33-29-25-21-17-14-13-16-20-24-28-32-40-48-56-70(3)4/h69-75,80H,9-68H2,1-8H3,(H,85,86)(H,87,88)/t73?,74-,75-/m1/s1. The van der Waals surface area contributed by atoms with Crippen LogP contribution in [0.5, 0.6) is 0 Å². The molecule has 0 heterocycles. The van der Waals surface area contributed by atoms with Gasteiger partial charge < -0.3 is 33.8 Å². The van der Waals surface area contributed by atoms with Crippen LogP contribution in [-0.2, 0) is 65.4 Å². The van der Waals surface area contributed by atoms with Crippen LogP contribution in [0, 0.1) is 23.7 Å².